The predicted molar refractivity (Wildman–Crippen MR) is 487 cm³/mol. The molecule has 4 rings (SSSR count). The smallest absolute Gasteiger partial charge is 0.303 e. The van der Waals surface area contributed by atoms with Crippen LogP contribution in [-0.4, -0.2) is 260 Å². The monoisotopic (exact) mass is 1870 g/mol. The normalized spacial score (nSPS) is 23.2. The fraction of sp³-hybridized carbons (Fsp3) is 0.588. The van der Waals surface area contributed by atoms with Crippen LogP contribution in [0.3, 0.4) is 0 Å². The van der Waals surface area contributed by atoms with Crippen LogP contribution in [0.2, 0.25) is 0 Å². The molecule has 1 fully saturated rings. The van der Waals surface area contributed by atoms with Gasteiger partial charge in [0.25, 0.3) is 0 Å². The number of carboxylic acids is 1. The molecule has 0 spiro atoms. The van der Waals surface area contributed by atoms with Gasteiger partial charge in [0.2, 0.25) is 82.7 Å². The zero-order chi connectivity index (χ0) is 98.4. The lowest BCUT2D eigenvalue weighted by Gasteiger charge is -2.29. The molecule has 2 heterocycles. The molecule has 33 N–H and O–H groups in total. The molecule has 1 aromatic heterocycles. The number of ketones is 2. The molecule has 1 saturated heterocycles. The van der Waals surface area contributed by atoms with Crippen molar-refractivity contribution in [2.75, 3.05) is 37.7 Å². The number of aromatic nitrogens is 2. The second-order valence-electron chi connectivity index (χ2n) is 33.6. The first kappa shape index (κ1) is 111. The topological polar surface area (TPSA) is 774 Å². The van der Waals surface area contributed by atoms with Crippen molar-refractivity contribution in [3.63, 3.8) is 0 Å². The van der Waals surface area contributed by atoms with Crippen LogP contribution in [0.15, 0.2) is 61.1 Å². The number of rotatable bonds is 34. The number of guanidine groups is 3. The number of carbonyl (C=O) groups excluding carboxylic acids is 16. The summed E-state index contributed by atoms with van der Waals surface area (Å²) in [6, 6.07) is -9.48. The highest BCUT2D eigenvalue weighted by molar-refractivity contribution is 7.99. The Morgan fingerprint density at radius 3 is 1.20 bits per heavy atom. The van der Waals surface area contributed by atoms with Gasteiger partial charge in [-0.2, -0.15) is 11.8 Å². The molecule has 0 saturated carbocycles. The summed E-state index contributed by atoms with van der Waals surface area (Å²) in [5, 5.41) is 95.7. The van der Waals surface area contributed by atoms with Crippen LogP contribution in [0, 0.1) is 39.9 Å². The first-order valence-corrected chi connectivity index (χ1v) is 45.0. The number of H-pyrrole nitrogens is 1. The summed E-state index contributed by atoms with van der Waals surface area (Å²) in [5.74, 6) is -21.6. The summed E-state index contributed by atoms with van der Waals surface area (Å²) in [4.78, 5) is 252. The average molecular weight is 1870 g/mol. The van der Waals surface area contributed by atoms with Crippen LogP contribution in [-0.2, 0) is 101 Å². The number of hydrogen-bond donors (Lipinski definition) is 28. The van der Waals surface area contributed by atoms with E-state index < -0.39 is 246 Å². The zero-order valence-electron chi connectivity index (χ0n) is 75.8. The number of thioether (sulfide) groups is 1. The van der Waals surface area contributed by atoms with E-state index in [4.69, 9.17) is 44.9 Å². The van der Waals surface area contributed by atoms with Crippen LogP contribution in [0.1, 0.15) is 175 Å². The van der Waals surface area contributed by atoms with Crippen LogP contribution in [0.4, 0.5) is 0 Å². The number of carbonyl (C=O) groups is 17. The van der Waals surface area contributed by atoms with Crippen molar-refractivity contribution in [3.05, 3.63) is 77.9 Å². The van der Waals surface area contributed by atoms with Gasteiger partial charge in [0.15, 0.2) is 23.7 Å². The second-order valence-corrected chi connectivity index (χ2v) is 34.7. The number of aliphatic carboxylic acids is 1. The van der Waals surface area contributed by atoms with Gasteiger partial charge in [-0.1, -0.05) is 65.8 Å². The van der Waals surface area contributed by atoms with Crippen molar-refractivity contribution >= 4 is 130 Å². The number of nitrogens with zero attached hydrogens (tertiary/aromatic N) is 1. The van der Waals surface area contributed by atoms with E-state index in [-0.39, 0.29) is 144 Å². The number of primary amides is 1. The third kappa shape index (κ3) is 42.5. The SMILES string of the molecule is CC(=O)[C@@H]1CSCC(=O)N[C@H](Cc2ccc(O)cc2)C(=O)N[C@@H](CC(C)C)C(=O)N[C@@H](CCC(N)=O)C(=O)N[C@@H](Cc2ccc(O)cc2)C(=O)N[C@@H](C)C(=O)N[C@@H](C(C)C)C(=O)N[C@@H](CC(C)C)C(=O)N[C@@H](CCCNC(=N)N)C(=O)N[C@@H](Cc2c[nH]cn2)C(=O)N[C@@H](CCCCN)C(=O)N[C@@H](CCCNC(=N)N)C(=O)N[C@@H](CCCNC(=N)N)C(=O)N[C@@H](CCC(=O)O)C(=O)C1. The fourth-order valence-electron chi connectivity index (χ4n) is 13.8. The molecule has 46 nitrogen and oxygen atoms in total. The van der Waals surface area contributed by atoms with Gasteiger partial charge in [-0.25, -0.2) is 4.98 Å². The minimum Gasteiger partial charge on any atom is -0.508 e. The molecule has 1 aliphatic heterocycles. The third-order valence-electron chi connectivity index (χ3n) is 21.0. The summed E-state index contributed by atoms with van der Waals surface area (Å²) >= 11 is 0.839. The number of imidazole rings is 1. The van der Waals surface area contributed by atoms with Crippen LogP contribution in [0.25, 0.3) is 0 Å². The number of hydrogen-bond acceptors (Lipinski definition) is 25. The Labute approximate surface area is 769 Å². The summed E-state index contributed by atoms with van der Waals surface area (Å²) in [6.07, 6.45) is -1.88. The summed E-state index contributed by atoms with van der Waals surface area (Å²) in [7, 11) is 0. The van der Waals surface area contributed by atoms with Gasteiger partial charge in [0, 0.05) is 76.0 Å². The number of unbranched alkanes of at least 4 members (excludes halogenated alkanes) is 1. The Morgan fingerprint density at radius 2 is 0.818 bits per heavy atom. The van der Waals surface area contributed by atoms with Gasteiger partial charge in [-0.15, -0.1) is 0 Å². The summed E-state index contributed by atoms with van der Waals surface area (Å²) in [6.45, 7) is 12.4. The molecule has 2 aromatic carbocycles. The van der Waals surface area contributed by atoms with Gasteiger partial charge in [-0.3, -0.25) is 97.7 Å². The quantitative estimate of drug-likeness (QED) is 0.0153. The highest BCUT2D eigenvalue weighted by Gasteiger charge is 2.40. The molecule has 0 radical (unpaired) electrons. The molecule has 14 amide bonds. The number of benzene rings is 2. The van der Waals surface area contributed by atoms with Crippen molar-refractivity contribution in [1.29, 1.82) is 16.2 Å². The fourth-order valence-corrected chi connectivity index (χ4v) is 14.8. The van der Waals surface area contributed by atoms with E-state index in [9.17, 15) is 82.4 Å². The van der Waals surface area contributed by atoms with Crippen molar-refractivity contribution < 1.29 is 96.8 Å². The van der Waals surface area contributed by atoms with E-state index in [0.29, 0.717) is 17.5 Å². The van der Waals surface area contributed by atoms with Gasteiger partial charge in [0.1, 0.15) is 89.8 Å². The molecule has 3 aromatic rings. The standard InChI is InChI=1S/C85H134N26O20S/c1-44(2)34-61-78(127)106-60(26-28-67(87)116)76(125)108-64(37-50-20-24-54(114)25-21-50)77(126)99-47(7)71(120)111-70(46(5)6)82(131)110-62(35-45(3)4)79(128)105-59(17-13-33-97-85(92)93)75(124)109-65(39-52-40-94-43-98-52)81(130)104-56(14-9-10-30-86)73(122)103-58(16-12-32-96-84(90)91)74(123)102-57(15-11-31-95-83(88)89)72(121)101-55(27-29-69(118)119)66(115)38-51(48(8)112)41-132-42-68(117)100-63(80(129)107-61)36-49-18-22-53(113)23-19-49/h18-25,40,43-47,51,55-65,70,113-114H,9-17,26-39,41-42,86H2,1-8H3,(H2,87,116)(H,94,98)(H,99,126)(H,100,117)(H,101,121)(H,102,123)(H,103,122)(H,104,130)(H,105,128)(H,106,127)(H,107,129)(H,108,125)(H,109,124)(H,110,131)(H,111,120)(H,118,119)(H4,88,89,95)(H4,90,91,96)(H4,92,93,97)/t47-,51-,55-,56-,57-,58-,59-,60-,61-,62-,63+,64-,65-,70-/m0/s1. The molecule has 0 aliphatic carbocycles. The number of carboxylic acid groups (broad SMARTS) is 1. The van der Waals surface area contributed by atoms with Gasteiger partial charge in [0.05, 0.1) is 23.8 Å². The molecular formula is C85H134N26O20S. The van der Waals surface area contributed by atoms with E-state index in [0.717, 1.165) is 18.7 Å². The first-order chi connectivity index (χ1) is 62.3. The Bertz CT molecular complexity index is 4410. The highest BCUT2D eigenvalue weighted by atomic mass is 32.2. The van der Waals surface area contributed by atoms with Crippen molar-refractivity contribution in [2.45, 2.75) is 256 Å². The van der Waals surface area contributed by atoms with Gasteiger partial charge in [-0.05, 0) is 157 Å². The number of aromatic hydroxyl groups is 2. The van der Waals surface area contributed by atoms with Crippen LogP contribution < -0.4 is 114 Å². The maximum Gasteiger partial charge on any atom is 0.303 e. The second kappa shape index (κ2) is 57.7. The van der Waals surface area contributed by atoms with Crippen molar-refractivity contribution in [2.24, 2.45) is 52.3 Å². The minimum atomic E-state index is -1.70. The van der Waals surface area contributed by atoms with E-state index in [1.165, 1.54) is 68.0 Å². The average Bonchev–Trinajstić information content (AvgIpc) is 1.02. The van der Waals surface area contributed by atoms with Crippen LogP contribution in [0.5, 0.6) is 11.5 Å². The lowest BCUT2D eigenvalue weighted by molar-refractivity contribution is -0.138. The Morgan fingerprint density at radius 1 is 0.455 bits per heavy atom. The third-order valence-corrected chi connectivity index (χ3v) is 22.1. The maximum atomic E-state index is 15.1. The lowest BCUT2D eigenvalue weighted by atomic mass is 9.94. The molecule has 730 valence electrons. The summed E-state index contributed by atoms with van der Waals surface area (Å²) < 4.78 is 0. The first-order valence-electron chi connectivity index (χ1n) is 43.9. The Balaban J connectivity index is 1.96. The van der Waals surface area contributed by atoms with E-state index in [1.807, 2.05) is 0 Å². The summed E-state index contributed by atoms with van der Waals surface area (Å²) in [5.41, 5.74) is 29.2. The molecule has 0 unspecified atom stereocenters. The largest absolute Gasteiger partial charge is 0.508 e. The molecular weight excluding hydrogens is 1740 g/mol. The molecule has 1 aliphatic rings. The maximum absolute atomic E-state index is 15.1. The van der Waals surface area contributed by atoms with E-state index >= 15 is 14.4 Å². The number of amides is 14. The number of aromatic amines is 1. The van der Waals surface area contributed by atoms with E-state index in [2.05, 4.69) is 95.0 Å². The lowest BCUT2D eigenvalue weighted by Crippen LogP contribution is -2.61. The van der Waals surface area contributed by atoms with E-state index in [1.54, 1.807) is 41.5 Å². The predicted octanol–water partition coefficient (Wildman–Crippen LogP) is -4.12. The van der Waals surface area contributed by atoms with Crippen molar-refractivity contribution in [1.82, 2.24) is 95.0 Å². The zero-order valence-corrected chi connectivity index (χ0v) is 76.6. The molecule has 132 heavy (non-hydrogen) atoms. The molecule has 47 heteroatoms. The number of phenols is 2. The molecule has 0 bridgehead atoms. The van der Waals surface area contributed by atoms with Crippen molar-refractivity contribution in [3.8, 4) is 11.5 Å². The molecule has 14 atom stereocenters. The minimum absolute atomic E-state index is 0.00478. The Hall–Kier alpha value is -13.2. The van der Waals surface area contributed by atoms with Crippen LogP contribution >= 0.6 is 11.8 Å². The Kier molecular flexibility index (Phi) is 48.6. The number of nitrogens with one attached hydrogen (secondary N) is 20. The number of nitrogens with two attached hydrogens (primary N) is 5. The highest BCUT2D eigenvalue weighted by Crippen LogP contribution is 2.21. The number of phenolic OH excluding ortho intramolecular Hbond substituents is 2. The van der Waals surface area contributed by atoms with Gasteiger partial charge < -0.3 is 134 Å². The number of Topliss-reactive ketones (excluding diaryl/α,β-unsaturated/α-hetero) is 2. The van der Waals surface area contributed by atoms with Gasteiger partial charge >= 0.3 is 5.97 Å².